The highest BCUT2D eigenvalue weighted by Gasteiger charge is 2.20. The molecule has 0 saturated heterocycles. The van der Waals surface area contributed by atoms with E-state index in [1.807, 2.05) is 0 Å². The number of unbranched alkanes of at least 4 members (excludes halogenated alkanes) is 14. The van der Waals surface area contributed by atoms with Crippen LogP contribution in [0, 0.1) is 5.92 Å². The first-order valence-electron chi connectivity index (χ1n) is 11.9. The van der Waals surface area contributed by atoms with Gasteiger partial charge >= 0.3 is 5.97 Å². The molecule has 0 saturated carbocycles. The highest BCUT2D eigenvalue weighted by atomic mass is 16.4. The maximum Gasteiger partial charge on any atom is 0.306 e. The summed E-state index contributed by atoms with van der Waals surface area (Å²) in [6.45, 7) is 4.45. The Labute approximate surface area is 168 Å². The van der Waals surface area contributed by atoms with E-state index in [0.717, 1.165) is 25.7 Å². The van der Waals surface area contributed by atoms with Crippen LogP contribution in [0.1, 0.15) is 136 Å². The molecule has 0 bridgehead atoms. The van der Waals surface area contributed by atoms with Crippen molar-refractivity contribution in [2.45, 2.75) is 136 Å². The summed E-state index contributed by atoms with van der Waals surface area (Å²) in [5.41, 5.74) is 0. The fraction of sp³-hybridized carbons (Fsp3) is 0.917. The van der Waals surface area contributed by atoms with Crippen LogP contribution >= 0.6 is 0 Å². The standard InChI is InChI=1S/C24H46O3/c1-3-5-7-9-11-13-15-17-19-22(24(26)27)21-23(25)20-18-16-14-12-10-8-6-4-2/h22H,3-21H2,1-2H3,(H,26,27). The fourth-order valence-corrected chi connectivity index (χ4v) is 3.67. The molecule has 0 aromatic heterocycles. The van der Waals surface area contributed by atoms with E-state index in [-0.39, 0.29) is 12.2 Å². The van der Waals surface area contributed by atoms with Gasteiger partial charge in [-0.3, -0.25) is 9.59 Å². The van der Waals surface area contributed by atoms with E-state index < -0.39 is 11.9 Å². The molecule has 0 aromatic carbocycles. The first-order valence-corrected chi connectivity index (χ1v) is 11.9. The number of carboxylic acid groups (broad SMARTS) is 1. The molecule has 0 aliphatic heterocycles. The first kappa shape index (κ1) is 26.1. The summed E-state index contributed by atoms with van der Waals surface area (Å²) >= 11 is 0. The quantitative estimate of drug-likeness (QED) is 0.207. The van der Waals surface area contributed by atoms with Crippen molar-refractivity contribution in [2.75, 3.05) is 0 Å². The Hall–Kier alpha value is -0.860. The van der Waals surface area contributed by atoms with Crippen molar-refractivity contribution in [3.63, 3.8) is 0 Å². The molecule has 0 aromatic rings. The van der Waals surface area contributed by atoms with Crippen molar-refractivity contribution < 1.29 is 14.7 Å². The molecule has 0 radical (unpaired) electrons. The third-order valence-electron chi connectivity index (χ3n) is 5.54. The molecule has 0 aliphatic carbocycles. The van der Waals surface area contributed by atoms with Gasteiger partial charge in [0, 0.05) is 12.8 Å². The Kier molecular flexibility index (Phi) is 19.3. The monoisotopic (exact) mass is 382 g/mol. The average molecular weight is 383 g/mol. The Morgan fingerprint density at radius 2 is 1.04 bits per heavy atom. The van der Waals surface area contributed by atoms with Crippen LogP contribution in [-0.4, -0.2) is 16.9 Å². The molecule has 27 heavy (non-hydrogen) atoms. The number of ketones is 1. The van der Waals surface area contributed by atoms with E-state index in [1.54, 1.807) is 0 Å². The highest BCUT2D eigenvalue weighted by molar-refractivity contribution is 5.83. The molecule has 1 atom stereocenters. The Balaban J connectivity index is 3.68. The zero-order valence-electron chi connectivity index (χ0n) is 18.3. The molecule has 0 heterocycles. The molecular weight excluding hydrogens is 336 g/mol. The largest absolute Gasteiger partial charge is 0.481 e. The van der Waals surface area contributed by atoms with E-state index >= 15 is 0 Å². The maximum atomic E-state index is 12.1. The second kappa shape index (κ2) is 19.9. The van der Waals surface area contributed by atoms with Crippen LogP contribution in [0.5, 0.6) is 0 Å². The number of carboxylic acids is 1. The van der Waals surface area contributed by atoms with Gasteiger partial charge in [-0.25, -0.2) is 0 Å². The number of rotatable bonds is 21. The summed E-state index contributed by atoms with van der Waals surface area (Å²) in [7, 11) is 0. The summed E-state index contributed by atoms with van der Waals surface area (Å²) < 4.78 is 0. The second-order valence-electron chi connectivity index (χ2n) is 8.27. The van der Waals surface area contributed by atoms with Gasteiger partial charge < -0.3 is 5.11 Å². The second-order valence-corrected chi connectivity index (χ2v) is 8.27. The lowest BCUT2D eigenvalue weighted by Gasteiger charge is -2.11. The van der Waals surface area contributed by atoms with Gasteiger partial charge in [0.2, 0.25) is 0 Å². The van der Waals surface area contributed by atoms with Gasteiger partial charge in [0.15, 0.2) is 0 Å². The van der Waals surface area contributed by atoms with Crippen molar-refractivity contribution in [1.82, 2.24) is 0 Å². The fourth-order valence-electron chi connectivity index (χ4n) is 3.67. The van der Waals surface area contributed by atoms with Crippen molar-refractivity contribution in [2.24, 2.45) is 5.92 Å². The van der Waals surface area contributed by atoms with Crippen LogP contribution in [0.15, 0.2) is 0 Å². The van der Waals surface area contributed by atoms with Gasteiger partial charge in [0.1, 0.15) is 5.78 Å². The molecule has 1 unspecified atom stereocenters. The Bertz CT molecular complexity index is 352. The SMILES string of the molecule is CCCCCCCCCCC(=O)CC(CCCCCCCCCC)C(=O)O. The Morgan fingerprint density at radius 3 is 1.48 bits per heavy atom. The van der Waals surface area contributed by atoms with Gasteiger partial charge in [0.05, 0.1) is 5.92 Å². The summed E-state index contributed by atoms with van der Waals surface area (Å²) in [5, 5.41) is 9.38. The van der Waals surface area contributed by atoms with Crippen LogP contribution in [0.2, 0.25) is 0 Å². The van der Waals surface area contributed by atoms with Crippen molar-refractivity contribution >= 4 is 11.8 Å². The molecule has 160 valence electrons. The molecule has 1 N–H and O–H groups in total. The number of carbonyl (C=O) groups excluding carboxylic acids is 1. The summed E-state index contributed by atoms with van der Waals surface area (Å²) in [4.78, 5) is 23.5. The molecule has 0 amide bonds. The van der Waals surface area contributed by atoms with E-state index in [0.29, 0.717) is 12.8 Å². The summed E-state index contributed by atoms with van der Waals surface area (Å²) in [6.07, 6.45) is 20.9. The zero-order valence-corrected chi connectivity index (χ0v) is 18.3. The smallest absolute Gasteiger partial charge is 0.306 e. The first-order chi connectivity index (χ1) is 13.1. The highest BCUT2D eigenvalue weighted by Crippen LogP contribution is 2.18. The van der Waals surface area contributed by atoms with Crippen LogP contribution in [0.3, 0.4) is 0 Å². The third kappa shape index (κ3) is 18.3. The van der Waals surface area contributed by atoms with Crippen molar-refractivity contribution in [1.29, 1.82) is 0 Å². The zero-order chi connectivity index (χ0) is 20.2. The molecule has 0 fully saturated rings. The van der Waals surface area contributed by atoms with E-state index in [1.165, 1.54) is 77.0 Å². The third-order valence-corrected chi connectivity index (χ3v) is 5.54. The van der Waals surface area contributed by atoms with E-state index in [9.17, 15) is 14.7 Å². The van der Waals surface area contributed by atoms with Crippen LogP contribution < -0.4 is 0 Å². The molecule has 0 aliphatic rings. The predicted molar refractivity (Wildman–Crippen MR) is 115 cm³/mol. The van der Waals surface area contributed by atoms with Gasteiger partial charge in [0.25, 0.3) is 0 Å². The average Bonchev–Trinajstić information content (AvgIpc) is 2.64. The molecule has 3 nitrogen and oxygen atoms in total. The summed E-state index contributed by atoms with van der Waals surface area (Å²) in [5.74, 6) is -1.11. The predicted octanol–water partition coefficient (Wildman–Crippen LogP) is 7.71. The molecule has 0 rings (SSSR count). The van der Waals surface area contributed by atoms with Gasteiger partial charge in [-0.1, -0.05) is 110 Å². The van der Waals surface area contributed by atoms with Crippen molar-refractivity contribution in [3.8, 4) is 0 Å². The van der Waals surface area contributed by atoms with E-state index in [2.05, 4.69) is 13.8 Å². The normalized spacial score (nSPS) is 12.2. The Morgan fingerprint density at radius 1 is 0.630 bits per heavy atom. The minimum Gasteiger partial charge on any atom is -0.481 e. The lowest BCUT2D eigenvalue weighted by Crippen LogP contribution is -2.18. The molecular formula is C24H46O3. The molecule has 0 spiro atoms. The van der Waals surface area contributed by atoms with Gasteiger partial charge in [-0.15, -0.1) is 0 Å². The number of Topliss-reactive ketones (excluding diaryl/α,β-unsaturated/α-hetero) is 1. The summed E-state index contributed by atoms with van der Waals surface area (Å²) in [6, 6.07) is 0. The van der Waals surface area contributed by atoms with Crippen LogP contribution in [-0.2, 0) is 9.59 Å². The number of aliphatic carboxylic acids is 1. The lowest BCUT2D eigenvalue weighted by molar-refractivity contribution is -0.144. The molecule has 3 heteroatoms. The van der Waals surface area contributed by atoms with Crippen molar-refractivity contribution in [3.05, 3.63) is 0 Å². The minimum atomic E-state index is -0.790. The maximum absolute atomic E-state index is 12.1. The van der Waals surface area contributed by atoms with Crippen LogP contribution in [0.4, 0.5) is 0 Å². The number of hydrogen-bond acceptors (Lipinski definition) is 2. The topological polar surface area (TPSA) is 54.4 Å². The van der Waals surface area contributed by atoms with E-state index in [4.69, 9.17) is 0 Å². The number of carbonyl (C=O) groups is 2. The minimum absolute atomic E-state index is 0.146. The van der Waals surface area contributed by atoms with Gasteiger partial charge in [-0.05, 0) is 12.8 Å². The number of hydrogen-bond donors (Lipinski definition) is 1. The lowest BCUT2D eigenvalue weighted by atomic mass is 9.93. The van der Waals surface area contributed by atoms with Crippen LogP contribution in [0.25, 0.3) is 0 Å². The van der Waals surface area contributed by atoms with Gasteiger partial charge in [-0.2, -0.15) is 0 Å².